The molecule has 0 heterocycles. The number of esters is 1. The van der Waals surface area contributed by atoms with Crippen LogP contribution in [0.25, 0.3) is 10.8 Å². The Bertz CT molecular complexity index is 1610. The molecular weight excluding hydrogens is 544 g/mol. The molecular formula is C27H26N2O8S2. The number of anilines is 3. The summed E-state index contributed by atoms with van der Waals surface area (Å²) in [7, 11) is -0.0885. The number of hydrogen-bond acceptors (Lipinski definition) is 7. The molecule has 39 heavy (non-hydrogen) atoms. The molecule has 204 valence electrons. The summed E-state index contributed by atoms with van der Waals surface area (Å²) in [6, 6.07) is 22.2. The van der Waals surface area contributed by atoms with E-state index in [0.29, 0.717) is 33.6 Å². The summed E-state index contributed by atoms with van der Waals surface area (Å²) in [5, 5.41) is 0.910. The molecule has 4 aromatic carbocycles. The fourth-order valence-electron chi connectivity index (χ4n) is 4.05. The van der Waals surface area contributed by atoms with E-state index in [2.05, 4.69) is 0 Å². The van der Waals surface area contributed by atoms with Crippen molar-refractivity contribution in [2.24, 2.45) is 0 Å². The molecule has 4 aromatic rings. The van der Waals surface area contributed by atoms with Crippen LogP contribution in [0.2, 0.25) is 0 Å². The molecule has 0 saturated carbocycles. The second kappa shape index (κ2) is 11.7. The van der Waals surface area contributed by atoms with Gasteiger partial charge in [-0.1, -0.05) is 24.3 Å². The Morgan fingerprint density at radius 1 is 0.795 bits per heavy atom. The molecule has 0 aliphatic rings. The van der Waals surface area contributed by atoms with Crippen molar-refractivity contribution in [3.63, 3.8) is 0 Å². The van der Waals surface area contributed by atoms with Crippen LogP contribution in [0.15, 0.2) is 89.8 Å². The molecule has 0 spiro atoms. The van der Waals surface area contributed by atoms with Crippen molar-refractivity contribution >= 4 is 55.1 Å². The molecule has 0 aliphatic heterocycles. The minimum absolute atomic E-state index is 0.0586. The van der Waals surface area contributed by atoms with Gasteiger partial charge in [0, 0.05) is 10.8 Å². The molecule has 0 amide bonds. The van der Waals surface area contributed by atoms with E-state index >= 15 is 0 Å². The number of methoxy groups -OCH3 is 3. The highest BCUT2D eigenvalue weighted by molar-refractivity contribution is 7.92. The zero-order valence-corrected chi connectivity index (χ0v) is 22.9. The molecule has 1 N–H and O–H groups in total. The SMILES string of the molecule is COC(=O)CN(c1ccc(N(c2ccc(OC)cc2)S(=O)O)c2ccccc12)S(=O)(=O)c1ccc(OC)cc1. The number of sulfonamides is 1. The van der Waals surface area contributed by atoms with Gasteiger partial charge in [-0.2, -0.15) is 0 Å². The van der Waals surface area contributed by atoms with Gasteiger partial charge in [0.25, 0.3) is 21.3 Å². The molecule has 0 aromatic heterocycles. The summed E-state index contributed by atoms with van der Waals surface area (Å²) in [5.74, 6) is 0.278. The normalized spacial score (nSPS) is 12.0. The van der Waals surface area contributed by atoms with Crippen molar-refractivity contribution in [3.05, 3.63) is 84.9 Å². The first-order chi connectivity index (χ1) is 18.7. The molecule has 12 heteroatoms. The third kappa shape index (κ3) is 5.67. The van der Waals surface area contributed by atoms with Gasteiger partial charge in [0.2, 0.25) is 0 Å². The van der Waals surface area contributed by atoms with Gasteiger partial charge in [0.05, 0.1) is 43.3 Å². The highest BCUT2D eigenvalue weighted by Gasteiger charge is 2.30. The lowest BCUT2D eigenvalue weighted by Crippen LogP contribution is -2.36. The molecule has 1 atom stereocenters. The number of carbonyl (C=O) groups excluding carboxylic acids is 1. The van der Waals surface area contributed by atoms with Crippen molar-refractivity contribution < 1.29 is 36.2 Å². The second-order valence-electron chi connectivity index (χ2n) is 8.14. The smallest absolute Gasteiger partial charge is 0.326 e. The highest BCUT2D eigenvalue weighted by atomic mass is 32.2. The van der Waals surface area contributed by atoms with Crippen LogP contribution in [0.5, 0.6) is 11.5 Å². The second-order valence-corrected chi connectivity index (χ2v) is 10.8. The highest BCUT2D eigenvalue weighted by Crippen LogP contribution is 2.40. The van der Waals surface area contributed by atoms with Gasteiger partial charge < -0.3 is 14.2 Å². The van der Waals surface area contributed by atoms with Crippen LogP contribution in [0.3, 0.4) is 0 Å². The van der Waals surface area contributed by atoms with Gasteiger partial charge in [-0.3, -0.25) is 13.7 Å². The van der Waals surface area contributed by atoms with Gasteiger partial charge in [-0.15, -0.1) is 0 Å². The van der Waals surface area contributed by atoms with Gasteiger partial charge in [0.15, 0.2) is 0 Å². The summed E-state index contributed by atoms with van der Waals surface area (Å²) in [5.41, 5.74) is 0.945. The third-order valence-corrected chi connectivity index (χ3v) is 8.47. The quantitative estimate of drug-likeness (QED) is 0.218. The summed E-state index contributed by atoms with van der Waals surface area (Å²) in [6.07, 6.45) is 0. The minimum Gasteiger partial charge on any atom is -0.497 e. The van der Waals surface area contributed by atoms with Crippen LogP contribution in [-0.2, 0) is 30.8 Å². The number of nitrogens with zero attached hydrogens (tertiary/aromatic N) is 2. The summed E-state index contributed by atoms with van der Waals surface area (Å²) < 4.78 is 67.6. The Kier molecular flexibility index (Phi) is 8.38. The van der Waals surface area contributed by atoms with Crippen molar-refractivity contribution in [2.45, 2.75) is 4.90 Å². The number of hydrogen-bond donors (Lipinski definition) is 1. The van der Waals surface area contributed by atoms with Crippen molar-refractivity contribution in [1.82, 2.24) is 0 Å². The van der Waals surface area contributed by atoms with Gasteiger partial charge in [-0.25, -0.2) is 16.9 Å². The summed E-state index contributed by atoms with van der Waals surface area (Å²) in [6.45, 7) is -0.595. The summed E-state index contributed by atoms with van der Waals surface area (Å²) >= 11 is -2.47. The maximum absolute atomic E-state index is 13.8. The summed E-state index contributed by atoms with van der Waals surface area (Å²) in [4.78, 5) is 12.3. The maximum Gasteiger partial charge on any atom is 0.326 e. The lowest BCUT2D eigenvalue weighted by Gasteiger charge is -2.27. The maximum atomic E-state index is 13.8. The van der Waals surface area contributed by atoms with E-state index < -0.39 is 33.8 Å². The van der Waals surface area contributed by atoms with Crippen LogP contribution in [0.4, 0.5) is 17.1 Å². The van der Waals surface area contributed by atoms with E-state index in [9.17, 15) is 22.0 Å². The van der Waals surface area contributed by atoms with Crippen LogP contribution >= 0.6 is 0 Å². The Balaban J connectivity index is 1.91. The average molecular weight is 571 g/mol. The largest absolute Gasteiger partial charge is 0.497 e. The van der Waals surface area contributed by atoms with Crippen molar-refractivity contribution in [1.29, 1.82) is 0 Å². The standard InChI is InChI=1S/C27H26N2O8S2/c1-35-20-10-8-19(9-11-20)29(38(31)32)26-17-16-25(23-6-4-5-7-24(23)26)28(18-27(30)37-3)39(33,34)22-14-12-21(36-2)13-15-22/h4-17H,18H2,1-3H3,(H,31,32). The zero-order valence-electron chi connectivity index (χ0n) is 21.3. The first-order valence-corrected chi connectivity index (χ1v) is 14.0. The Labute approximate surface area is 228 Å². The van der Waals surface area contributed by atoms with E-state index in [4.69, 9.17) is 14.2 Å². The average Bonchev–Trinajstić information content (AvgIpc) is 2.96. The monoisotopic (exact) mass is 570 g/mol. The van der Waals surface area contributed by atoms with Gasteiger partial charge in [-0.05, 0) is 60.7 Å². The number of carbonyl (C=O) groups is 1. The van der Waals surface area contributed by atoms with Crippen LogP contribution < -0.4 is 18.1 Å². The predicted molar refractivity (Wildman–Crippen MR) is 149 cm³/mol. The number of fused-ring (bicyclic) bond motifs is 1. The van der Waals surface area contributed by atoms with E-state index in [1.54, 1.807) is 48.5 Å². The van der Waals surface area contributed by atoms with Crippen molar-refractivity contribution in [3.8, 4) is 11.5 Å². The van der Waals surface area contributed by atoms with Gasteiger partial charge in [0.1, 0.15) is 18.0 Å². The fourth-order valence-corrected chi connectivity index (χ4v) is 6.11. The first-order valence-electron chi connectivity index (χ1n) is 11.5. The molecule has 0 fully saturated rings. The topological polar surface area (TPSA) is 123 Å². The Morgan fingerprint density at radius 3 is 1.82 bits per heavy atom. The molecule has 0 radical (unpaired) electrons. The molecule has 1 unspecified atom stereocenters. The molecule has 0 saturated heterocycles. The zero-order chi connectivity index (χ0) is 28.2. The number of benzene rings is 4. The minimum atomic E-state index is -4.24. The predicted octanol–water partition coefficient (Wildman–Crippen LogP) is 4.50. The molecule has 10 nitrogen and oxygen atoms in total. The van der Waals surface area contributed by atoms with Gasteiger partial charge >= 0.3 is 5.97 Å². The van der Waals surface area contributed by atoms with Crippen molar-refractivity contribution in [2.75, 3.05) is 36.5 Å². The van der Waals surface area contributed by atoms with Crippen LogP contribution in [0, 0.1) is 0 Å². The van der Waals surface area contributed by atoms with Crippen LogP contribution in [-0.4, -0.2) is 51.0 Å². The molecule has 0 aliphatic carbocycles. The van der Waals surface area contributed by atoms with Crippen LogP contribution in [0.1, 0.15) is 0 Å². The fraction of sp³-hybridized carbons (Fsp3) is 0.148. The Morgan fingerprint density at radius 2 is 1.31 bits per heavy atom. The number of ether oxygens (including phenoxy) is 3. The van der Waals surface area contributed by atoms with E-state index in [1.807, 2.05) is 0 Å². The third-order valence-electron chi connectivity index (χ3n) is 5.98. The van der Waals surface area contributed by atoms with E-state index in [1.165, 1.54) is 62.0 Å². The lowest BCUT2D eigenvalue weighted by atomic mass is 10.1. The Hall–Kier alpha value is -4.13. The first kappa shape index (κ1) is 27.9. The van der Waals surface area contributed by atoms with E-state index in [0.717, 1.165) is 4.31 Å². The number of rotatable bonds is 10. The van der Waals surface area contributed by atoms with E-state index in [-0.39, 0.29) is 10.6 Å². The lowest BCUT2D eigenvalue weighted by molar-refractivity contribution is -0.138. The molecule has 4 rings (SSSR count). The molecule has 0 bridgehead atoms.